The molecule has 1 aliphatic heterocycles. The number of carbonyl (C=O) groups is 2. The monoisotopic (exact) mass is 378 g/mol. The van der Waals surface area contributed by atoms with Crippen LogP contribution in [0.2, 0.25) is 0 Å². The highest BCUT2D eigenvalue weighted by Crippen LogP contribution is 2.39. The van der Waals surface area contributed by atoms with Crippen LogP contribution in [0.4, 0.5) is 11.4 Å². The number of fused-ring (bicyclic) bond motifs is 1. The van der Waals surface area contributed by atoms with E-state index in [9.17, 15) is 9.59 Å². The summed E-state index contributed by atoms with van der Waals surface area (Å²) >= 11 is 1.61. The molecule has 7 heteroatoms. The fraction of sp³-hybridized carbons (Fsp3) is 0.150. The van der Waals surface area contributed by atoms with Crippen LogP contribution in [-0.4, -0.2) is 24.6 Å². The largest absolute Gasteiger partial charge is 0.398 e. The number of benzene rings is 2. The van der Waals surface area contributed by atoms with E-state index < -0.39 is 0 Å². The molecular formula is C20H18N4O2S. The van der Waals surface area contributed by atoms with Gasteiger partial charge in [-0.25, -0.2) is 0 Å². The maximum atomic E-state index is 12.4. The van der Waals surface area contributed by atoms with E-state index >= 15 is 0 Å². The second-order valence-corrected chi connectivity index (χ2v) is 7.60. The van der Waals surface area contributed by atoms with E-state index in [1.54, 1.807) is 17.4 Å². The molecule has 1 fully saturated rings. The number of rotatable bonds is 4. The highest BCUT2D eigenvalue weighted by atomic mass is 32.1. The molecular weight excluding hydrogens is 360 g/mol. The average molecular weight is 378 g/mol. The van der Waals surface area contributed by atoms with Crippen molar-refractivity contribution in [2.75, 3.05) is 17.6 Å². The molecule has 2 amide bonds. The van der Waals surface area contributed by atoms with Crippen LogP contribution in [0.3, 0.4) is 0 Å². The number of hydrogen-bond acceptors (Lipinski definition) is 5. The molecule has 0 bridgehead atoms. The first-order chi connectivity index (χ1) is 13.0. The highest BCUT2D eigenvalue weighted by Gasteiger charge is 2.28. The summed E-state index contributed by atoms with van der Waals surface area (Å²) in [6.45, 7) is 0.347. The number of hydrogen-bond donors (Lipinski definition) is 4. The summed E-state index contributed by atoms with van der Waals surface area (Å²) in [5.41, 5.74) is 8.68. The summed E-state index contributed by atoms with van der Waals surface area (Å²) in [5, 5.41) is 14.3. The van der Waals surface area contributed by atoms with E-state index in [4.69, 9.17) is 11.1 Å². The zero-order chi connectivity index (χ0) is 19.0. The van der Waals surface area contributed by atoms with Crippen LogP contribution < -0.4 is 16.4 Å². The van der Waals surface area contributed by atoms with Crippen molar-refractivity contribution in [1.29, 1.82) is 5.41 Å². The van der Waals surface area contributed by atoms with Gasteiger partial charge in [-0.05, 0) is 29.7 Å². The molecule has 4 rings (SSSR count). The number of carbonyl (C=O) groups excluding carboxylic acids is 2. The van der Waals surface area contributed by atoms with Gasteiger partial charge < -0.3 is 21.8 Å². The predicted molar refractivity (Wildman–Crippen MR) is 109 cm³/mol. The van der Waals surface area contributed by atoms with Crippen LogP contribution in [0.25, 0.3) is 20.5 Å². The first kappa shape index (κ1) is 17.2. The van der Waals surface area contributed by atoms with Crippen molar-refractivity contribution in [3.05, 3.63) is 48.0 Å². The van der Waals surface area contributed by atoms with E-state index in [-0.39, 0.29) is 24.2 Å². The van der Waals surface area contributed by atoms with Crippen molar-refractivity contribution in [2.45, 2.75) is 6.42 Å². The lowest BCUT2D eigenvalue weighted by atomic mass is 10.0. The number of nitrogen functional groups attached to an aromatic ring is 1. The number of thiophene rings is 1. The Balaban J connectivity index is 1.71. The van der Waals surface area contributed by atoms with Gasteiger partial charge in [0, 0.05) is 51.3 Å². The normalized spacial score (nSPS) is 16.3. The van der Waals surface area contributed by atoms with Crippen LogP contribution in [0, 0.1) is 11.3 Å². The first-order valence-electron chi connectivity index (χ1n) is 8.55. The lowest BCUT2D eigenvalue weighted by Crippen LogP contribution is -2.24. The number of anilines is 2. The van der Waals surface area contributed by atoms with Crippen molar-refractivity contribution < 1.29 is 9.59 Å². The summed E-state index contributed by atoms with van der Waals surface area (Å²) in [5.74, 6) is -0.707. The smallest absolute Gasteiger partial charge is 0.229 e. The summed E-state index contributed by atoms with van der Waals surface area (Å²) < 4.78 is 1.15. The predicted octanol–water partition coefficient (Wildman–Crippen LogP) is 3.22. The Bertz CT molecular complexity index is 1040. The summed E-state index contributed by atoms with van der Waals surface area (Å²) in [6.07, 6.45) is 1.38. The fourth-order valence-corrected chi connectivity index (χ4v) is 4.31. The van der Waals surface area contributed by atoms with Gasteiger partial charge in [-0.15, -0.1) is 11.3 Å². The molecule has 5 N–H and O–H groups in total. The summed E-state index contributed by atoms with van der Waals surface area (Å²) in [7, 11) is 0. The van der Waals surface area contributed by atoms with Gasteiger partial charge in [0.1, 0.15) is 0 Å². The third-order valence-electron chi connectivity index (χ3n) is 4.67. The summed E-state index contributed by atoms with van der Waals surface area (Å²) in [4.78, 5) is 24.8. The van der Waals surface area contributed by atoms with Gasteiger partial charge in [-0.2, -0.15) is 0 Å². The molecule has 0 saturated carbocycles. The van der Waals surface area contributed by atoms with E-state index in [2.05, 4.69) is 16.7 Å². The highest BCUT2D eigenvalue weighted by molar-refractivity contribution is 7.22. The van der Waals surface area contributed by atoms with Crippen molar-refractivity contribution in [2.24, 2.45) is 5.92 Å². The maximum absolute atomic E-state index is 12.4. The maximum Gasteiger partial charge on any atom is 0.229 e. The Morgan fingerprint density at radius 3 is 2.81 bits per heavy atom. The SMILES string of the molecule is N=Cc1cc(NC(=O)C2CNC(=O)C2)cc(-c2cc3ccccc3s2)c1N. The Labute approximate surface area is 159 Å². The third-order valence-corrected chi connectivity index (χ3v) is 5.82. The van der Waals surface area contributed by atoms with Crippen molar-refractivity contribution in [3.8, 4) is 10.4 Å². The minimum absolute atomic E-state index is 0.112. The Hall–Kier alpha value is -3.19. The quantitative estimate of drug-likeness (QED) is 0.413. The molecule has 0 radical (unpaired) electrons. The van der Waals surface area contributed by atoms with Crippen LogP contribution in [0.15, 0.2) is 42.5 Å². The summed E-state index contributed by atoms with van der Waals surface area (Å²) in [6, 6.07) is 13.6. The molecule has 136 valence electrons. The van der Waals surface area contributed by atoms with Gasteiger partial charge in [-0.3, -0.25) is 9.59 Å². The van der Waals surface area contributed by atoms with Gasteiger partial charge in [0.25, 0.3) is 0 Å². The van der Waals surface area contributed by atoms with Crippen molar-refractivity contribution in [3.63, 3.8) is 0 Å². The Kier molecular flexibility index (Phi) is 4.37. The van der Waals surface area contributed by atoms with E-state index in [0.717, 1.165) is 20.5 Å². The molecule has 1 saturated heterocycles. The Morgan fingerprint density at radius 2 is 2.11 bits per heavy atom. The molecule has 1 unspecified atom stereocenters. The molecule has 0 spiro atoms. The van der Waals surface area contributed by atoms with Gasteiger partial charge in [0.2, 0.25) is 11.8 Å². The number of amides is 2. The molecule has 1 atom stereocenters. The fourth-order valence-electron chi connectivity index (χ4n) is 3.22. The average Bonchev–Trinajstić information content (AvgIpc) is 3.29. The van der Waals surface area contributed by atoms with Gasteiger partial charge in [-0.1, -0.05) is 18.2 Å². The second-order valence-electron chi connectivity index (χ2n) is 6.51. The van der Waals surface area contributed by atoms with E-state index in [0.29, 0.717) is 23.5 Å². The molecule has 2 heterocycles. The van der Waals surface area contributed by atoms with Crippen molar-refractivity contribution in [1.82, 2.24) is 5.32 Å². The molecule has 27 heavy (non-hydrogen) atoms. The van der Waals surface area contributed by atoms with Crippen LogP contribution in [0.5, 0.6) is 0 Å². The number of nitrogens with one attached hydrogen (secondary N) is 3. The van der Waals surface area contributed by atoms with Crippen molar-refractivity contribution >= 4 is 50.8 Å². The lowest BCUT2D eigenvalue weighted by molar-refractivity contribution is -0.123. The zero-order valence-corrected chi connectivity index (χ0v) is 15.2. The minimum atomic E-state index is -0.383. The molecule has 6 nitrogen and oxygen atoms in total. The molecule has 0 aliphatic carbocycles. The van der Waals surface area contributed by atoms with Gasteiger partial charge in [0.05, 0.1) is 5.92 Å². The van der Waals surface area contributed by atoms with E-state index in [1.165, 1.54) is 6.21 Å². The minimum Gasteiger partial charge on any atom is -0.398 e. The van der Waals surface area contributed by atoms with Crippen LogP contribution in [0.1, 0.15) is 12.0 Å². The van der Waals surface area contributed by atoms with Crippen LogP contribution >= 0.6 is 11.3 Å². The Morgan fingerprint density at radius 1 is 1.30 bits per heavy atom. The second kappa shape index (κ2) is 6.85. The molecule has 2 aromatic carbocycles. The van der Waals surface area contributed by atoms with E-state index in [1.807, 2.05) is 30.3 Å². The number of nitrogens with two attached hydrogens (primary N) is 1. The van der Waals surface area contributed by atoms with Gasteiger partial charge >= 0.3 is 0 Å². The molecule has 3 aromatic rings. The topological polar surface area (TPSA) is 108 Å². The third kappa shape index (κ3) is 3.29. The van der Waals surface area contributed by atoms with Crippen LogP contribution in [-0.2, 0) is 9.59 Å². The molecule has 1 aromatic heterocycles. The first-order valence-corrected chi connectivity index (χ1v) is 9.37. The molecule has 1 aliphatic rings. The van der Waals surface area contributed by atoms with Gasteiger partial charge in [0.15, 0.2) is 0 Å². The lowest BCUT2D eigenvalue weighted by Gasteiger charge is -2.13. The standard InChI is InChI=1S/C20H18N4O2S/c21-9-12-5-14(24-20(26)13-7-18(25)23-10-13)8-15(19(12)22)17-6-11-3-1-2-4-16(11)27-17/h1-6,8-9,13,21H,7,10,22H2,(H,23,25)(H,24,26). The zero-order valence-electron chi connectivity index (χ0n) is 14.4.